The highest BCUT2D eigenvalue weighted by Crippen LogP contribution is 2.32. The SMILES string of the molecule is Cn1c([C@@H]2C=C(C(=O)N3CCOCCOCCOCCOCC3)O[C@H](OCCOCCO)C2)cc(=O)n1-c1ccccc1. The fourth-order valence-corrected chi connectivity index (χ4v) is 4.87. The van der Waals surface area contributed by atoms with Crippen molar-refractivity contribution in [1.29, 1.82) is 0 Å². The third-order valence-corrected chi connectivity index (χ3v) is 6.98. The second kappa shape index (κ2) is 17.9. The van der Waals surface area contributed by atoms with E-state index in [-0.39, 0.29) is 49.6 Å². The van der Waals surface area contributed by atoms with Gasteiger partial charge < -0.3 is 43.2 Å². The van der Waals surface area contributed by atoms with Crippen molar-refractivity contribution >= 4 is 5.91 Å². The van der Waals surface area contributed by atoms with E-state index < -0.39 is 6.29 Å². The van der Waals surface area contributed by atoms with E-state index in [0.717, 1.165) is 11.4 Å². The number of allylic oxidation sites excluding steroid dienone is 1. The van der Waals surface area contributed by atoms with Crippen LogP contribution < -0.4 is 5.56 Å². The molecule has 13 heteroatoms. The lowest BCUT2D eigenvalue weighted by Crippen LogP contribution is -2.40. The molecule has 0 saturated carbocycles. The van der Waals surface area contributed by atoms with Gasteiger partial charge in [0.2, 0.25) is 6.29 Å². The van der Waals surface area contributed by atoms with E-state index in [4.69, 9.17) is 38.3 Å². The number of benzene rings is 1. The Balaban J connectivity index is 1.54. The van der Waals surface area contributed by atoms with Gasteiger partial charge in [0, 0.05) is 44.2 Å². The summed E-state index contributed by atoms with van der Waals surface area (Å²) in [5.74, 6) is -0.544. The highest BCUT2D eigenvalue weighted by Gasteiger charge is 2.33. The summed E-state index contributed by atoms with van der Waals surface area (Å²) in [5, 5.41) is 8.97. The topological polar surface area (TPSA) is 132 Å². The van der Waals surface area contributed by atoms with E-state index in [2.05, 4.69) is 0 Å². The number of hydrogen-bond acceptors (Lipinski definition) is 10. The minimum atomic E-state index is -0.757. The van der Waals surface area contributed by atoms with Crippen LogP contribution in [0.5, 0.6) is 0 Å². The van der Waals surface area contributed by atoms with Crippen LogP contribution in [0, 0.1) is 0 Å². The van der Waals surface area contributed by atoms with Crippen LogP contribution in [0.3, 0.4) is 0 Å². The van der Waals surface area contributed by atoms with Gasteiger partial charge in [0.05, 0.1) is 85.0 Å². The number of para-hydroxylation sites is 1. The average Bonchev–Trinajstić information content (AvgIpc) is 3.32. The molecule has 2 aliphatic heterocycles. The molecule has 238 valence electrons. The first-order chi connectivity index (χ1) is 21.1. The molecular weight excluding hydrogens is 562 g/mol. The van der Waals surface area contributed by atoms with E-state index in [9.17, 15) is 9.59 Å². The smallest absolute Gasteiger partial charge is 0.288 e. The maximum Gasteiger partial charge on any atom is 0.288 e. The number of carbonyl (C=O) groups is 1. The first-order valence-corrected chi connectivity index (χ1v) is 14.7. The van der Waals surface area contributed by atoms with Crippen molar-refractivity contribution in [3.8, 4) is 5.69 Å². The molecule has 1 aromatic carbocycles. The van der Waals surface area contributed by atoms with Crippen molar-refractivity contribution in [3.05, 3.63) is 64.3 Å². The Bertz CT molecular complexity index is 1180. The molecule has 1 aromatic heterocycles. The molecule has 13 nitrogen and oxygen atoms in total. The first kappa shape index (κ1) is 32.9. The fraction of sp³-hybridized carbons (Fsp3) is 0.600. The van der Waals surface area contributed by atoms with E-state index in [1.165, 1.54) is 0 Å². The Hall–Kier alpha value is -3.04. The zero-order valence-corrected chi connectivity index (χ0v) is 24.8. The van der Waals surface area contributed by atoms with Crippen molar-refractivity contribution in [2.24, 2.45) is 7.05 Å². The number of hydrogen-bond donors (Lipinski definition) is 1. The predicted molar refractivity (Wildman–Crippen MR) is 155 cm³/mol. The highest BCUT2D eigenvalue weighted by atomic mass is 16.7. The Morgan fingerprint density at radius 3 is 2.16 bits per heavy atom. The minimum absolute atomic E-state index is 0.0842. The van der Waals surface area contributed by atoms with Crippen LogP contribution in [-0.4, -0.2) is 124 Å². The van der Waals surface area contributed by atoms with Gasteiger partial charge in [-0.25, -0.2) is 4.68 Å². The molecule has 1 saturated heterocycles. The van der Waals surface area contributed by atoms with Crippen LogP contribution >= 0.6 is 0 Å². The molecule has 0 unspecified atom stereocenters. The molecule has 1 N–H and O–H groups in total. The maximum atomic E-state index is 13.9. The third kappa shape index (κ3) is 10.00. The molecule has 2 aromatic rings. The highest BCUT2D eigenvalue weighted by molar-refractivity contribution is 5.91. The van der Waals surface area contributed by atoms with E-state index in [1.807, 2.05) is 37.4 Å². The van der Waals surface area contributed by atoms with Gasteiger partial charge >= 0.3 is 0 Å². The Morgan fingerprint density at radius 1 is 0.907 bits per heavy atom. The summed E-state index contributed by atoms with van der Waals surface area (Å²) in [7, 11) is 1.82. The van der Waals surface area contributed by atoms with Crippen LogP contribution in [0.15, 0.2) is 53.0 Å². The Morgan fingerprint density at radius 2 is 1.53 bits per heavy atom. The number of rotatable bonds is 9. The Kier molecular flexibility index (Phi) is 13.7. The molecule has 0 radical (unpaired) electrons. The van der Waals surface area contributed by atoms with Gasteiger partial charge in [-0.05, 0) is 18.2 Å². The molecule has 0 spiro atoms. The summed E-state index contributed by atoms with van der Waals surface area (Å²) in [5.41, 5.74) is 1.27. The molecule has 1 amide bonds. The molecule has 2 aliphatic rings. The minimum Gasteiger partial charge on any atom is -0.459 e. The lowest BCUT2D eigenvalue weighted by molar-refractivity contribution is -0.157. The monoisotopic (exact) mass is 605 g/mol. The van der Waals surface area contributed by atoms with Crippen LogP contribution in [0.4, 0.5) is 0 Å². The summed E-state index contributed by atoms with van der Waals surface area (Å²) >= 11 is 0. The molecule has 0 bridgehead atoms. The first-order valence-electron chi connectivity index (χ1n) is 14.7. The van der Waals surface area contributed by atoms with Gasteiger partial charge in [-0.1, -0.05) is 18.2 Å². The van der Waals surface area contributed by atoms with Crippen LogP contribution in [-0.2, 0) is 45.0 Å². The fourth-order valence-electron chi connectivity index (χ4n) is 4.87. The zero-order valence-electron chi connectivity index (χ0n) is 24.8. The number of ether oxygens (including phenoxy) is 7. The number of aliphatic hydroxyl groups excluding tert-OH is 1. The summed E-state index contributed by atoms with van der Waals surface area (Å²) in [6.45, 7) is 4.52. The number of aromatic nitrogens is 2. The van der Waals surface area contributed by atoms with E-state index in [1.54, 1.807) is 26.4 Å². The van der Waals surface area contributed by atoms with Gasteiger partial charge in [0.15, 0.2) is 5.76 Å². The van der Waals surface area contributed by atoms with Crippen molar-refractivity contribution in [2.75, 3.05) is 92.4 Å². The molecule has 4 rings (SSSR count). The number of aliphatic hydroxyl groups is 1. The third-order valence-electron chi connectivity index (χ3n) is 6.98. The normalized spacial score (nSPS) is 21.3. The largest absolute Gasteiger partial charge is 0.459 e. The summed E-state index contributed by atoms with van der Waals surface area (Å²) < 4.78 is 43.1. The summed E-state index contributed by atoms with van der Waals surface area (Å²) in [4.78, 5) is 28.6. The Labute approximate surface area is 251 Å². The predicted octanol–water partition coefficient (Wildman–Crippen LogP) is 0.824. The van der Waals surface area contributed by atoms with Crippen molar-refractivity contribution in [2.45, 2.75) is 18.6 Å². The maximum absolute atomic E-state index is 13.9. The van der Waals surface area contributed by atoms with Crippen LogP contribution in [0.2, 0.25) is 0 Å². The van der Waals surface area contributed by atoms with E-state index >= 15 is 0 Å². The molecule has 43 heavy (non-hydrogen) atoms. The zero-order chi connectivity index (χ0) is 30.3. The summed E-state index contributed by atoms with van der Waals surface area (Å²) in [6.07, 6.45) is 1.38. The second-order valence-corrected chi connectivity index (χ2v) is 9.95. The average molecular weight is 606 g/mol. The number of amides is 1. The quantitative estimate of drug-likeness (QED) is 0.410. The number of carbonyl (C=O) groups excluding carboxylic acids is 1. The lowest BCUT2D eigenvalue weighted by atomic mass is 9.97. The summed E-state index contributed by atoms with van der Waals surface area (Å²) in [6, 6.07) is 10.9. The van der Waals surface area contributed by atoms with Gasteiger partial charge in [0.25, 0.3) is 11.5 Å². The molecule has 2 atom stereocenters. The van der Waals surface area contributed by atoms with Gasteiger partial charge in [-0.2, -0.15) is 0 Å². The molecule has 1 fully saturated rings. The molecule has 0 aliphatic carbocycles. The lowest BCUT2D eigenvalue weighted by Gasteiger charge is -2.32. The van der Waals surface area contributed by atoms with Crippen molar-refractivity contribution in [1.82, 2.24) is 14.3 Å². The van der Waals surface area contributed by atoms with Crippen molar-refractivity contribution in [3.63, 3.8) is 0 Å². The van der Waals surface area contributed by atoms with Crippen molar-refractivity contribution < 1.29 is 43.1 Å². The second-order valence-electron chi connectivity index (χ2n) is 9.95. The standard InChI is InChI=1S/C30H43N3O10/c1-31-26(23-28(35)33(31)25-5-3-2-4-6-25)24-21-27(43-29(22-24)42-20-19-39-12-9-34)30(36)32-7-10-37-13-15-40-17-18-41-16-14-38-11-8-32/h2-6,21,23-24,29,34H,7-20,22H2,1H3/t24-,29+/m1/s1. The van der Waals surface area contributed by atoms with Gasteiger partial charge in [-0.15, -0.1) is 0 Å². The van der Waals surface area contributed by atoms with Gasteiger partial charge in [-0.3, -0.25) is 14.3 Å². The molecule has 3 heterocycles. The van der Waals surface area contributed by atoms with E-state index in [0.29, 0.717) is 72.4 Å². The van der Waals surface area contributed by atoms with Gasteiger partial charge in [0.1, 0.15) is 0 Å². The number of nitrogens with zero attached hydrogens (tertiary/aromatic N) is 3. The van der Waals surface area contributed by atoms with Crippen LogP contribution in [0.1, 0.15) is 18.0 Å². The van der Waals surface area contributed by atoms with Crippen LogP contribution in [0.25, 0.3) is 5.69 Å². The molecular formula is C30H43N3O10.